The molecule has 0 amide bonds. The van der Waals surface area contributed by atoms with Gasteiger partial charge in [0, 0.05) is 17.8 Å². The molecule has 0 saturated carbocycles. The molecule has 9 heavy (non-hydrogen) atoms. The number of hydrogen-bond acceptors (Lipinski definition) is 1. The van der Waals surface area contributed by atoms with Crippen LogP contribution in [0.2, 0.25) is 0 Å². The second kappa shape index (κ2) is 2.01. The van der Waals surface area contributed by atoms with Crippen LogP contribution in [0.15, 0.2) is 12.1 Å². The van der Waals surface area contributed by atoms with E-state index in [1.54, 1.807) is 0 Å². The molecule has 1 aromatic carbocycles. The first-order valence-electron chi connectivity index (χ1n) is 2.32. The van der Waals surface area contributed by atoms with E-state index in [0.29, 0.717) is 0 Å². The largest absolute Gasteiger partial charge is 0.398 e. The van der Waals surface area contributed by atoms with Gasteiger partial charge >= 0.3 is 0 Å². The van der Waals surface area contributed by atoms with Gasteiger partial charge in [0.05, 0.1) is 0 Å². The molecule has 0 heterocycles. The van der Waals surface area contributed by atoms with Crippen molar-refractivity contribution in [1.29, 1.82) is 0 Å². The van der Waals surface area contributed by atoms with Crippen molar-refractivity contribution in [2.24, 2.45) is 0 Å². The van der Waals surface area contributed by atoms with E-state index in [1.165, 1.54) is 0 Å². The Balaban J connectivity index is 3.17. The van der Waals surface area contributed by atoms with Crippen molar-refractivity contribution < 1.29 is 8.78 Å². The van der Waals surface area contributed by atoms with Crippen molar-refractivity contribution in [3.8, 4) is 0 Å². The summed E-state index contributed by atoms with van der Waals surface area (Å²) < 4.78 is 24.1. The predicted octanol–water partition coefficient (Wildman–Crippen LogP) is 1.35. The zero-order valence-corrected chi connectivity index (χ0v) is 4.49. The summed E-state index contributed by atoms with van der Waals surface area (Å²) in [6.45, 7) is 0. The number of nitrogen functional groups attached to an aromatic ring is 1. The SMILES string of the molecule is Nc1[c]cc(F)c(F)c1. The van der Waals surface area contributed by atoms with Gasteiger partial charge in [-0.15, -0.1) is 0 Å². The maximum atomic E-state index is 12.1. The minimum Gasteiger partial charge on any atom is -0.398 e. The highest BCUT2D eigenvalue weighted by Crippen LogP contribution is 2.07. The van der Waals surface area contributed by atoms with E-state index in [0.717, 1.165) is 12.1 Å². The van der Waals surface area contributed by atoms with E-state index < -0.39 is 11.6 Å². The number of anilines is 1. The van der Waals surface area contributed by atoms with Crippen molar-refractivity contribution >= 4 is 5.69 Å². The minimum atomic E-state index is -0.939. The number of halogens is 2. The van der Waals surface area contributed by atoms with Crippen LogP contribution in [-0.2, 0) is 0 Å². The molecule has 1 radical (unpaired) electrons. The van der Waals surface area contributed by atoms with E-state index in [-0.39, 0.29) is 5.69 Å². The molecule has 1 rings (SSSR count). The molecule has 1 nitrogen and oxygen atoms in total. The van der Waals surface area contributed by atoms with Gasteiger partial charge < -0.3 is 5.73 Å². The highest BCUT2D eigenvalue weighted by molar-refractivity contribution is 5.35. The maximum absolute atomic E-state index is 12.1. The van der Waals surface area contributed by atoms with Crippen molar-refractivity contribution in [3.05, 3.63) is 29.8 Å². The summed E-state index contributed by atoms with van der Waals surface area (Å²) in [5, 5.41) is 0. The van der Waals surface area contributed by atoms with Crippen LogP contribution in [0.4, 0.5) is 14.5 Å². The third-order valence-electron chi connectivity index (χ3n) is 0.876. The van der Waals surface area contributed by atoms with Gasteiger partial charge in [0.2, 0.25) is 0 Å². The Kier molecular flexibility index (Phi) is 1.34. The molecule has 0 aliphatic rings. The molecule has 0 aliphatic carbocycles. The fourth-order valence-corrected chi connectivity index (χ4v) is 0.463. The molecular weight excluding hydrogens is 124 g/mol. The van der Waals surface area contributed by atoms with Gasteiger partial charge in [-0.25, -0.2) is 8.78 Å². The van der Waals surface area contributed by atoms with Gasteiger partial charge in [0.15, 0.2) is 11.6 Å². The third-order valence-corrected chi connectivity index (χ3v) is 0.876. The van der Waals surface area contributed by atoms with Crippen LogP contribution in [0.3, 0.4) is 0 Å². The molecule has 3 heteroatoms. The molecule has 0 saturated heterocycles. The summed E-state index contributed by atoms with van der Waals surface area (Å²) in [6, 6.07) is 4.05. The van der Waals surface area contributed by atoms with Crippen LogP contribution in [0.25, 0.3) is 0 Å². The fourth-order valence-electron chi connectivity index (χ4n) is 0.463. The molecule has 0 atom stereocenters. The van der Waals surface area contributed by atoms with Gasteiger partial charge in [0.25, 0.3) is 0 Å². The number of hydrogen-bond donors (Lipinski definition) is 1. The van der Waals surface area contributed by atoms with Gasteiger partial charge in [-0.1, -0.05) is 0 Å². The van der Waals surface area contributed by atoms with E-state index in [9.17, 15) is 8.78 Å². The first kappa shape index (κ1) is 6.01. The molecular formula is C6H4F2N. The highest BCUT2D eigenvalue weighted by Gasteiger charge is 1.98. The maximum Gasteiger partial charge on any atom is 0.160 e. The second-order valence-electron chi connectivity index (χ2n) is 1.58. The minimum absolute atomic E-state index is 0.105. The lowest BCUT2D eigenvalue weighted by molar-refractivity contribution is 0.509. The van der Waals surface area contributed by atoms with Crippen LogP contribution in [0.1, 0.15) is 0 Å². The monoisotopic (exact) mass is 128 g/mol. The molecule has 0 aromatic heterocycles. The second-order valence-corrected chi connectivity index (χ2v) is 1.58. The van der Waals surface area contributed by atoms with Crippen molar-refractivity contribution in [2.75, 3.05) is 5.73 Å². The van der Waals surface area contributed by atoms with Gasteiger partial charge in [-0.2, -0.15) is 0 Å². The normalized spacial score (nSPS) is 9.56. The van der Waals surface area contributed by atoms with Crippen LogP contribution in [-0.4, -0.2) is 0 Å². The predicted molar refractivity (Wildman–Crippen MR) is 29.6 cm³/mol. The zero-order valence-electron chi connectivity index (χ0n) is 4.49. The van der Waals surface area contributed by atoms with E-state index >= 15 is 0 Å². The Morgan fingerprint density at radius 3 is 2.44 bits per heavy atom. The van der Waals surface area contributed by atoms with Crippen LogP contribution >= 0.6 is 0 Å². The van der Waals surface area contributed by atoms with Crippen molar-refractivity contribution in [1.82, 2.24) is 0 Å². The van der Waals surface area contributed by atoms with Crippen molar-refractivity contribution in [2.45, 2.75) is 0 Å². The van der Waals surface area contributed by atoms with E-state index in [1.807, 2.05) is 0 Å². The summed E-state index contributed by atoms with van der Waals surface area (Å²) in [5.74, 6) is -1.87. The number of benzene rings is 1. The molecule has 0 aliphatic heterocycles. The molecule has 0 unspecified atom stereocenters. The summed E-state index contributed by atoms with van der Waals surface area (Å²) in [6.07, 6.45) is 0. The Bertz CT molecular complexity index is 222. The van der Waals surface area contributed by atoms with Crippen LogP contribution < -0.4 is 5.73 Å². The van der Waals surface area contributed by atoms with E-state index in [2.05, 4.69) is 6.07 Å². The van der Waals surface area contributed by atoms with E-state index in [4.69, 9.17) is 5.73 Å². The summed E-state index contributed by atoms with van der Waals surface area (Å²) in [5.41, 5.74) is 5.17. The average molecular weight is 128 g/mol. The molecule has 2 N–H and O–H groups in total. The third kappa shape index (κ3) is 1.16. The molecule has 47 valence electrons. The fraction of sp³-hybridized carbons (Fsp3) is 0. The van der Waals surface area contributed by atoms with Crippen LogP contribution in [0.5, 0.6) is 0 Å². The topological polar surface area (TPSA) is 26.0 Å². The standard InChI is InChI=1S/C6H4F2N/c7-5-2-1-4(9)3-6(5)8/h2-3H,9H2. The number of rotatable bonds is 0. The average Bonchev–Trinajstić information content (AvgIpc) is 1.80. The van der Waals surface area contributed by atoms with Gasteiger partial charge in [0.1, 0.15) is 0 Å². The zero-order chi connectivity index (χ0) is 6.85. The summed E-state index contributed by atoms with van der Waals surface area (Å²) in [4.78, 5) is 0. The Morgan fingerprint density at radius 2 is 2.00 bits per heavy atom. The molecule has 0 spiro atoms. The Morgan fingerprint density at radius 1 is 1.33 bits per heavy atom. The molecule has 1 aromatic rings. The van der Waals surface area contributed by atoms with Crippen LogP contribution in [0, 0.1) is 17.7 Å². The lowest BCUT2D eigenvalue weighted by atomic mass is 10.3. The summed E-state index contributed by atoms with van der Waals surface area (Å²) >= 11 is 0. The highest BCUT2D eigenvalue weighted by atomic mass is 19.2. The Labute approximate surface area is 51.1 Å². The first-order valence-corrected chi connectivity index (χ1v) is 2.32. The van der Waals surface area contributed by atoms with Crippen molar-refractivity contribution in [3.63, 3.8) is 0 Å². The lowest BCUT2D eigenvalue weighted by Gasteiger charge is -1.91. The van der Waals surface area contributed by atoms with Gasteiger partial charge in [-0.05, 0) is 6.07 Å². The quantitative estimate of drug-likeness (QED) is 0.524. The molecule has 0 bridgehead atoms. The smallest absolute Gasteiger partial charge is 0.160 e. The van der Waals surface area contributed by atoms with Gasteiger partial charge in [-0.3, -0.25) is 0 Å². The lowest BCUT2D eigenvalue weighted by Crippen LogP contribution is -1.88. The molecule has 0 fully saturated rings. The summed E-state index contributed by atoms with van der Waals surface area (Å²) in [7, 11) is 0. The number of nitrogens with two attached hydrogens (primary N) is 1. The first-order chi connectivity index (χ1) is 4.20. The Hall–Kier alpha value is -1.12.